The molecule has 0 spiro atoms. The Labute approximate surface area is 157 Å². The normalized spacial score (nSPS) is 21.8. The van der Waals surface area contributed by atoms with Crippen molar-refractivity contribution in [1.29, 1.82) is 0 Å². The molecule has 7 heteroatoms. The number of hydrogen-bond acceptors (Lipinski definition) is 6. The van der Waals surface area contributed by atoms with Crippen LogP contribution in [0.5, 0.6) is 11.5 Å². The first-order valence-corrected chi connectivity index (χ1v) is 9.17. The minimum absolute atomic E-state index is 0.0251. The molecule has 1 aromatic rings. The van der Waals surface area contributed by atoms with Crippen molar-refractivity contribution in [2.75, 3.05) is 13.7 Å². The third-order valence-corrected chi connectivity index (χ3v) is 5.27. The number of fused-ring (bicyclic) bond motifs is 1. The van der Waals surface area contributed by atoms with Crippen LogP contribution in [0.2, 0.25) is 0 Å². The van der Waals surface area contributed by atoms with Crippen LogP contribution in [0.4, 0.5) is 0 Å². The lowest BCUT2D eigenvalue weighted by molar-refractivity contribution is -0.141. The van der Waals surface area contributed by atoms with Gasteiger partial charge in [-0.3, -0.25) is 24.1 Å². The van der Waals surface area contributed by atoms with Gasteiger partial charge in [-0.05, 0) is 38.0 Å². The fourth-order valence-electron chi connectivity index (χ4n) is 3.80. The minimum Gasteiger partial charge on any atom is -0.493 e. The first-order chi connectivity index (χ1) is 12.9. The lowest BCUT2D eigenvalue weighted by atomic mass is 9.81. The highest BCUT2D eigenvalue weighted by Crippen LogP contribution is 2.38. The molecule has 0 radical (unpaired) electrons. The Bertz CT molecular complexity index is 763. The van der Waals surface area contributed by atoms with E-state index in [-0.39, 0.29) is 53.9 Å². The lowest BCUT2D eigenvalue weighted by Gasteiger charge is -2.19. The van der Waals surface area contributed by atoms with E-state index in [9.17, 15) is 19.2 Å². The van der Waals surface area contributed by atoms with Crippen LogP contribution in [0, 0.1) is 11.8 Å². The van der Waals surface area contributed by atoms with Crippen molar-refractivity contribution in [2.45, 2.75) is 39.0 Å². The first-order valence-electron chi connectivity index (χ1n) is 9.17. The summed E-state index contributed by atoms with van der Waals surface area (Å²) < 4.78 is 10.5. The summed E-state index contributed by atoms with van der Waals surface area (Å²) in [4.78, 5) is 49.7. The van der Waals surface area contributed by atoms with Gasteiger partial charge in [0.25, 0.3) is 0 Å². The van der Waals surface area contributed by atoms with E-state index in [0.29, 0.717) is 5.56 Å². The Balaban J connectivity index is 1.61. The van der Waals surface area contributed by atoms with Gasteiger partial charge in [-0.2, -0.15) is 0 Å². The second-order valence-electron chi connectivity index (χ2n) is 6.97. The molecular formula is C20H23NO6. The van der Waals surface area contributed by atoms with Crippen LogP contribution in [-0.2, 0) is 14.4 Å². The van der Waals surface area contributed by atoms with E-state index in [1.165, 1.54) is 31.1 Å². The van der Waals surface area contributed by atoms with Gasteiger partial charge in [0.1, 0.15) is 0 Å². The Kier molecular flexibility index (Phi) is 5.58. The molecule has 7 nitrogen and oxygen atoms in total. The number of hydrogen-bond donors (Lipinski definition) is 0. The Morgan fingerprint density at radius 1 is 1.07 bits per heavy atom. The van der Waals surface area contributed by atoms with Crippen LogP contribution in [0.25, 0.3) is 0 Å². The van der Waals surface area contributed by atoms with Crippen molar-refractivity contribution in [3.05, 3.63) is 23.8 Å². The maximum Gasteiger partial charge on any atom is 0.313 e. The van der Waals surface area contributed by atoms with Gasteiger partial charge in [0.15, 0.2) is 17.3 Å². The van der Waals surface area contributed by atoms with E-state index in [2.05, 4.69) is 0 Å². The number of ether oxygens (including phenoxy) is 2. The number of imide groups is 1. The Morgan fingerprint density at radius 2 is 1.70 bits per heavy atom. The SMILES string of the molecule is COc1cc(C(C)=O)ccc1OC(=O)CCN1C(=O)[C@H]2CCCC[C@@H]2C1=O. The summed E-state index contributed by atoms with van der Waals surface area (Å²) in [6, 6.07) is 4.54. The standard InChI is InChI=1S/C20H23NO6/c1-12(22)13-7-8-16(17(11-13)26-2)27-18(23)9-10-21-19(24)14-5-3-4-6-15(14)20(21)25/h7-8,11,14-15H,3-6,9-10H2,1-2H3/t14-,15-/m0/s1. The summed E-state index contributed by atoms with van der Waals surface area (Å²) in [5.74, 6) is -1.00. The molecular weight excluding hydrogens is 350 g/mol. The van der Waals surface area contributed by atoms with E-state index >= 15 is 0 Å². The summed E-state index contributed by atoms with van der Waals surface area (Å²) in [5.41, 5.74) is 0.447. The molecule has 3 rings (SSSR count). The highest BCUT2D eigenvalue weighted by Gasteiger charge is 2.47. The van der Waals surface area contributed by atoms with Crippen molar-refractivity contribution in [3.63, 3.8) is 0 Å². The van der Waals surface area contributed by atoms with Crippen molar-refractivity contribution in [3.8, 4) is 11.5 Å². The van der Waals surface area contributed by atoms with Crippen LogP contribution in [0.3, 0.4) is 0 Å². The first kappa shape index (κ1) is 19.1. The zero-order valence-electron chi connectivity index (χ0n) is 15.5. The van der Waals surface area contributed by atoms with E-state index in [4.69, 9.17) is 9.47 Å². The molecule has 1 saturated heterocycles. The quantitative estimate of drug-likeness (QED) is 0.329. The zero-order chi connectivity index (χ0) is 19.6. The molecule has 2 fully saturated rings. The topological polar surface area (TPSA) is 90.0 Å². The van der Waals surface area contributed by atoms with E-state index < -0.39 is 5.97 Å². The fraction of sp³-hybridized carbons (Fsp3) is 0.500. The summed E-state index contributed by atoms with van der Waals surface area (Å²) in [6.07, 6.45) is 3.33. The zero-order valence-corrected chi connectivity index (χ0v) is 15.5. The predicted octanol–water partition coefficient (Wildman–Crippen LogP) is 2.37. The molecule has 1 saturated carbocycles. The maximum absolute atomic E-state index is 12.4. The number of rotatable bonds is 6. The van der Waals surface area contributed by atoms with Gasteiger partial charge in [-0.15, -0.1) is 0 Å². The molecule has 1 heterocycles. The minimum atomic E-state index is -0.570. The molecule has 2 aliphatic rings. The van der Waals surface area contributed by atoms with Gasteiger partial charge in [0.05, 0.1) is 25.4 Å². The van der Waals surface area contributed by atoms with Crippen molar-refractivity contribution < 1.29 is 28.7 Å². The molecule has 0 bridgehead atoms. The number of esters is 1. The van der Waals surface area contributed by atoms with Crippen molar-refractivity contribution in [2.24, 2.45) is 11.8 Å². The number of benzene rings is 1. The van der Waals surface area contributed by atoms with Crippen LogP contribution < -0.4 is 9.47 Å². The molecule has 1 aromatic carbocycles. The van der Waals surface area contributed by atoms with Crippen LogP contribution in [0.1, 0.15) is 49.4 Å². The average Bonchev–Trinajstić information content (AvgIpc) is 2.91. The molecule has 0 unspecified atom stereocenters. The highest BCUT2D eigenvalue weighted by atomic mass is 16.6. The molecule has 2 amide bonds. The Morgan fingerprint density at radius 3 is 2.26 bits per heavy atom. The van der Waals surface area contributed by atoms with Crippen LogP contribution in [-0.4, -0.2) is 42.1 Å². The molecule has 27 heavy (non-hydrogen) atoms. The number of ketones is 1. The third kappa shape index (κ3) is 3.86. The second-order valence-corrected chi connectivity index (χ2v) is 6.97. The van der Waals surface area contributed by atoms with Gasteiger partial charge < -0.3 is 9.47 Å². The molecule has 1 aliphatic heterocycles. The number of carbonyl (C=O) groups is 4. The fourth-order valence-corrected chi connectivity index (χ4v) is 3.80. The monoisotopic (exact) mass is 373 g/mol. The number of carbonyl (C=O) groups excluding carboxylic acids is 4. The largest absolute Gasteiger partial charge is 0.493 e. The number of nitrogens with zero attached hydrogens (tertiary/aromatic N) is 1. The molecule has 1 aliphatic carbocycles. The molecule has 144 valence electrons. The smallest absolute Gasteiger partial charge is 0.313 e. The van der Waals surface area contributed by atoms with Gasteiger partial charge in [0, 0.05) is 12.1 Å². The second kappa shape index (κ2) is 7.90. The van der Waals surface area contributed by atoms with Crippen LogP contribution >= 0.6 is 0 Å². The lowest BCUT2D eigenvalue weighted by Crippen LogP contribution is -2.33. The van der Waals surface area contributed by atoms with Gasteiger partial charge in [0.2, 0.25) is 11.8 Å². The summed E-state index contributed by atoms with van der Waals surface area (Å²) >= 11 is 0. The maximum atomic E-state index is 12.4. The van der Waals surface area contributed by atoms with Crippen LogP contribution in [0.15, 0.2) is 18.2 Å². The number of amides is 2. The summed E-state index contributed by atoms with van der Waals surface area (Å²) in [7, 11) is 1.42. The third-order valence-electron chi connectivity index (χ3n) is 5.27. The van der Waals surface area contributed by atoms with Gasteiger partial charge in [-0.1, -0.05) is 12.8 Å². The number of methoxy groups -OCH3 is 1. The molecule has 0 N–H and O–H groups in total. The summed E-state index contributed by atoms with van der Waals surface area (Å²) in [5, 5.41) is 0. The number of likely N-dealkylation sites (tertiary alicyclic amines) is 1. The average molecular weight is 373 g/mol. The van der Waals surface area contributed by atoms with Crippen molar-refractivity contribution in [1.82, 2.24) is 4.90 Å². The van der Waals surface area contributed by atoms with Crippen molar-refractivity contribution >= 4 is 23.6 Å². The highest BCUT2D eigenvalue weighted by molar-refractivity contribution is 6.05. The van der Waals surface area contributed by atoms with Gasteiger partial charge >= 0.3 is 5.97 Å². The van der Waals surface area contributed by atoms with E-state index in [0.717, 1.165) is 25.7 Å². The predicted molar refractivity (Wildman–Crippen MR) is 95.4 cm³/mol. The van der Waals surface area contributed by atoms with Gasteiger partial charge in [-0.25, -0.2) is 0 Å². The molecule has 2 atom stereocenters. The van der Waals surface area contributed by atoms with E-state index in [1.807, 2.05) is 0 Å². The number of Topliss-reactive ketones (excluding diaryl/α,β-unsaturated/α-hetero) is 1. The molecule has 0 aromatic heterocycles. The van der Waals surface area contributed by atoms with E-state index in [1.54, 1.807) is 6.07 Å². The summed E-state index contributed by atoms with van der Waals surface area (Å²) in [6.45, 7) is 1.46. The Hall–Kier alpha value is -2.70.